The van der Waals surface area contributed by atoms with Gasteiger partial charge in [-0.25, -0.2) is 13.1 Å². The van der Waals surface area contributed by atoms with Gasteiger partial charge in [0.05, 0.1) is 4.90 Å². The quantitative estimate of drug-likeness (QED) is 0.842. The Morgan fingerprint density at radius 1 is 1.33 bits per heavy atom. The van der Waals surface area contributed by atoms with Gasteiger partial charge >= 0.3 is 0 Å². The van der Waals surface area contributed by atoms with Crippen LogP contribution in [0.5, 0.6) is 0 Å². The Bertz CT molecular complexity index is 555. The van der Waals surface area contributed by atoms with E-state index in [0.29, 0.717) is 17.4 Å². The van der Waals surface area contributed by atoms with Crippen LogP contribution < -0.4 is 10.0 Å². The number of rotatable bonds is 6. The average Bonchev–Trinajstić information content (AvgIpc) is 2.53. The first-order chi connectivity index (χ1) is 10.0. The SMILES string of the molecule is CNC(C)c1cccc(S(=O)(=O)NCC2CCSCC2)c1. The summed E-state index contributed by atoms with van der Waals surface area (Å²) in [6, 6.07) is 7.29. The molecule has 118 valence electrons. The molecular weight excluding hydrogens is 304 g/mol. The molecule has 1 unspecified atom stereocenters. The summed E-state index contributed by atoms with van der Waals surface area (Å²) in [4.78, 5) is 0.354. The van der Waals surface area contributed by atoms with E-state index in [9.17, 15) is 8.42 Å². The van der Waals surface area contributed by atoms with E-state index in [1.807, 2.05) is 31.8 Å². The molecule has 6 heteroatoms. The fourth-order valence-electron chi connectivity index (χ4n) is 2.38. The van der Waals surface area contributed by atoms with Gasteiger partial charge in [0, 0.05) is 12.6 Å². The van der Waals surface area contributed by atoms with Gasteiger partial charge in [0.1, 0.15) is 0 Å². The predicted molar refractivity (Wildman–Crippen MR) is 89.2 cm³/mol. The Morgan fingerprint density at radius 3 is 2.71 bits per heavy atom. The fraction of sp³-hybridized carbons (Fsp3) is 0.600. The van der Waals surface area contributed by atoms with Gasteiger partial charge in [0.25, 0.3) is 0 Å². The van der Waals surface area contributed by atoms with Gasteiger partial charge in [-0.1, -0.05) is 12.1 Å². The highest BCUT2D eigenvalue weighted by Crippen LogP contribution is 2.23. The fourth-order valence-corrected chi connectivity index (χ4v) is 4.75. The highest BCUT2D eigenvalue weighted by Gasteiger charge is 2.19. The molecule has 1 aliphatic heterocycles. The zero-order valence-corrected chi connectivity index (χ0v) is 14.3. The van der Waals surface area contributed by atoms with E-state index in [1.165, 1.54) is 0 Å². The second-order valence-electron chi connectivity index (χ2n) is 5.49. The van der Waals surface area contributed by atoms with Crippen LogP contribution in [0.4, 0.5) is 0 Å². The minimum Gasteiger partial charge on any atom is -0.313 e. The van der Waals surface area contributed by atoms with E-state index in [4.69, 9.17) is 0 Å². The van der Waals surface area contributed by atoms with E-state index >= 15 is 0 Å². The molecule has 1 heterocycles. The summed E-state index contributed by atoms with van der Waals surface area (Å²) in [5.74, 6) is 2.75. The van der Waals surface area contributed by atoms with Crippen molar-refractivity contribution in [3.63, 3.8) is 0 Å². The van der Waals surface area contributed by atoms with Crippen LogP contribution in [0.15, 0.2) is 29.2 Å². The van der Waals surface area contributed by atoms with Gasteiger partial charge in [-0.2, -0.15) is 11.8 Å². The molecule has 0 aliphatic carbocycles. The predicted octanol–water partition coefficient (Wildman–Crippen LogP) is 2.39. The first-order valence-electron chi connectivity index (χ1n) is 7.37. The van der Waals surface area contributed by atoms with E-state index in [2.05, 4.69) is 10.0 Å². The number of sulfonamides is 1. The van der Waals surface area contributed by atoms with Gasteiger partial charge in [-0.3, -0.25) is 0 Å². The molecule has 21 heavy (non-hydrogen) atoms. The largest absolute Gasteiger partial charge is 0.313 e. The Hall–Kier alpha value is -0.560. The monoisotopic (exact) mass is 328 g/mol. The maximum absolute atomic E-state index is 12.4. The molecule has 0 saturated carbocycles. The Balaban J connectivity index is 2.04. The molecule has 4 nitrogen and oxygen atoms in total. The molecule has 1 aliphatic rings. The summed E-state index contributed by atoms with van der Waals surface area (Å²) in [5.41, 5.74) is 0.981. The zero-order valence-electron chi connectivity index (χ0n) is 12.6. The molecule has 1 aromatic rings. The number of thioether (sulfide) groups is 1. The summed E-state index contributed by atoms with van der Waals surface area (Å²) in [6.07, 6.45) is 2.20. The van der Waals surface area contributed by atoms with Crippen molar-refractivity contribution in [2.24, 2.45) is 5.92 Å². The van der Waals surface area contributed by atoms with Crippen LogP contribution >= 0.6 is 11.8 Å². The summed E-state index contributed by atoms with van der Waals surface area (Å²) in [5, 5.41) is 3.13. The van der Waals surface area contributed by atoms with Crippen LogP contribution in [0.1, 0.15) is 31.4 Å². The Kier molecular flexibility index (Phi) is 6.10. The lowest BCUT2D eigenvalue weighted by Crippen LogP contribution is -2.31. The molecule has 2 N–H and O–H groups in total. The highest BCUT2D eigenvalue weighted by molar-refractivity contribution is 7.99. The Labute approximate surface area is 132 Å². The second-order valence-corrected chi connectivity index (χ2v) is 8.48. The van der Waals surface area contributed by atoms with E-state index in [1.54, 1.807) is 18.2 Å². The van der Waals surface area contributed by atoms with Crippen molar-refractivity contribution < 1.29 is 8.42 Å². The van der Waals surface area contributed by atoms with Crippen LogP contribution in [0.25, 0.3) is 0 Å². The maximum Gasteiger partial charge on any atom is 0.240 e. The third-order valence-electron chi connectivity index (χ3n) is 4.00. The van der Waals surface area contributed by atoms with Crippen molar-refractivity contribution in [2.75, 3.05) is 25.1 Å². The van der Waals surface area contributed by atoms with Gasteiger partial charge < -0.3 is 5.32 Å². The number of nitrogens with one attached hydrogen (secondary N) is 2. The maximum atomic E-state index is 12.4. The van der Waals surface area contributed by atoms with Crippen LogP contribution in [0.3, 0.4) is 0 Å². The van der Waals surface area contributed by atoms with Crippen molar-refractivity contribution >= 4 is 21.8 Å². The van der Waals surface area contributed by atoms with Crippen molar-refractivity contribution in [1.29, 1.82) is 0 Å². The molecular formula is C15H24N2O2S2. The van der Waals surface area contributed by atoms with Crippen LogP contribution in [0, 0.1) is 5.92 Å². The van der Waals surface area contributed by atoms with Gasteiger partial charge in [-0.05, 0) is 61.9 Å². The molecule has 1 aromatic carbocycles. The lowest BCUT2D eigenvalue weighted by Gasteiger charge is -2.21. The van der Waals surface area contributed by atoms with E-state index in [-0.39, 0.29) is 6.04 Å². The lowest BCUT2D eigenvalue weighted by molar-refractivity contribution is 0.476. The van der Waals surface area contributed by atoms with Crippen LogP contribution in [-0.4, -0.2) is 33.5 Å². The number of benzene rings is 1. The standard InChI is InChI=1S/C15H24N2O2S2/c1-12(16-2)14-4-3-5-15(10-14)21(18,19)17-11-13-6-8-20-9-7-13/h3-5,10,12-13,16-17H,6-9,11H2,1-2H3. The van der Waals surface area contributed by atoms with Gasteiger partial charge in [0.2, 0.25) is 10.0 Å². The molecule has 0 spiro atoms. The summed E-state index contributed by atoms with van der Waals surface area (Å²) < 4.78 is 27.6. The smallest absolute Gasteiger partial charge is 0.240 e. The molecule has 1 saturated heterocycles. The van der Waals surface area contributed by atoms with Crippen molar-refractivity contribution in [3.05, 3.63) is 29.8 Å². The van der Waals surface area contributed by atoms with Gasteiger partial charge in [0.15, 0.2) is 0 Å². The lowest BCUT2D eigenvalue weighted by atomic mass is 10.0. The minimum atomic E-state index is -3.41. The molecule has 1 atom stereocenters. The molecule has 0 radical (unpaired) electrons. The third kappa shape index (κ3) is 4.71. The Morgan fingerprint density at radius 2 is 2.05 bits per heavy atom. The summed E-state index contributed by atoms with van der Waals surface area (Å²) >= 11 is 1.95. The molecule has 0 aromatic heterocycles. The van der Waals surface area contributed by atoms with Crippen LogP contribution in [-0.2, 0) is 10.0 Å². The third-order valence-corrected chi connectivity index (χ3v) is 6.47. The average molecular weight is 329 g/mol. The van der Waals surface area contributed by atoms with Crippen molar-refractivity contribution in [3.8, 4) is 0 Å². The highest BCUT2D eigenvalue weighted by atomic mass is 32.2. The summed E-state index contributed by atoms with van der Waals surface area (Å²) in [7, 11) is -1.54. The topological polar surface area (TPSA) is 58.2 Å². The van der Waals surface area contributed by atoms with E-state index in [0.717, 1.165) is 29.9 Å². The van der Waals surface area contributed by atoms with E-state index < -0.39 is 10.0 Å². The van der Waals surface area contributed by atoms with Crippen LogP contribution in [0.2, 0.25) is 0 Å². The molecule has 2 rings (SSSR count). The zero-order chi connectivity index (χ0) is 15.3. The molecule has 1 fully saturated rings. The first kappa shape index (κ1) is 16.8. The number of hydrogen-bond acceptors (Lipinski definition) is 4. The van der Waals surface area contributed by atoms with Gasteiger partial charge in [-0.15, -0.1) is 0 Å². The molecule has 0 amide bonds. The summed E-state index contributed by atoms with van der Waals surface area (Å²) in [6.45, 7) is 2.56. The number of hydrogen-bond donors (Lipinski definition) is 2. The van der Waals surface area contributed by atoms with Crippen molar-refractivity contribution in [1.82, 2.24) is 10.0 Å². The minimum absolute atomic E-state index is 0.135. The molecule has 0 bridgehead atoms. The normalized spacial score (nSPS) is 18.6. The first-order valence-corrected chi connectivity index (χ1v) is 10.0. The second kappa shape index (κ2) is 7.63. The van der Waals surface area contributed by atoms with Crippen molar-refractivity contribution in [2.45, 2.75) is 30.7 Å².